The molecule has 21 heavy (non-hydrogen) atoms. The number of carboxylic acid groups (broad SMARTS) is 1. The molecule has 6 nitrogen and oxygen atoms in total. The van der Waals surface area contributed by atoms with E-state index in [0.29, 0.717) is 38.0 Å². The van der Waals surface area contributed by atoms with Crippen LogP contribution in [-0.4, -0.2) is 44.9 Å². The van der Waals surface area contributed by atoms with Gasteiger partial charge in [0.2, 0.25) is 0 Å². The van der Waals surface area contributed by atoms with Gasteiger partial charge in [-0.15, -0.1) is 0 Å². The number of aromatic nitrogens is 2. The van der Waals surface area contributed by atoms with Crippen molar-refractivity contribution in [3.8, 4) is 0 Å². The number of carbonyl (C=O) groups excluding carboxylic acids is 1. The fourth-order valence-corrected chi connectivity index (χ4v) is 2.85. The monoisotopic (exact) mass is 291 g/mol. The molecule has 2 rings (SSSR count). The summed E-state index contributed by atoms with van der Waals surface area (Å²) in [6, 6.07) is 0. The Morgan fingerprint density at radius 2 is 1.95 bits per heavy atom. The Labute approximate surface area is 124 Å². The molecule has 0 bridgehead atoms. The van der Waals surface area contributed by atoms with Crippen molar-refractivity contribution in [1.82, 2.24) is 14.9 Å². The van der Waals surface area contributed by atoms with E-state index in [1.54, 1.807) is 11.1 Å². The number of hydrogen-bond acceptors (Lipinski definition) is 4. The molecule has 0 spiro atoms. The summed E-state index contributed by atoms with van der Waals surface area (Å²) in [4.78, 5) is 33.7. The normalized spacial score (nSPS) is 17.5. The predicted molar refractivity (Wildman–Crippen MR) is 76.9 cm³/mol. The average molecular weight is 291 g/mol. The molecule has 0 aliphatic carbocycles. The summed E-state index contributed by atoms with van der Waals surface area (Å²) in [6.45, 7) is 4.72. The molecule has 1 aromatic rings. The fraction of sp³-hybridized carbons (Fsp3) is 0.600. The van der Waals surface area contributed by atoms with E-state index < -0.39 is 11.4 Å². The smallest absolute Gasteiger partial charge is 0.309 e. The Kier molecular flexibility index (Phi) is 4.55. The maximum atomic E-state index is 12.3. The van der Waals surface area contributed by atoms with E-state index >= 15 is 0 Å². The number of nitrogens with zero attached hydrogens (tertiary/aromatic N) is 3. The minimum atomic E-state index is -0.744. The van der Waals surface area contributed by atoms with Crippen molar-refractivity contribution in [2.75, 3.05) is 13.1 Å². The summed E-state index contributed by atoms with van der Waals surface area (Å²) in [6.07, 6.45) is 5.54. The molecule has 1 N–H and O–H groups in total. The first kappa shape index (κ1) is 15.4. The van der Waals surface area contributed by atoms with Crippen LogP contribution in [0.2, 0.25) is 0 Å². The molecular formula is C15H21N3O3. The molecule has 114 valence electrons. The third-order valence-corrected chi connectivity index (χ3v) is 4.19. The fourth-order valence-electron chi connectivity index (χ4n) is 2.85. The van der Waals surface area contributed by atoms with Crippen molar-refractivity contribution in [2.45, 2.75) is 39.5 Å². The number of carbonyl (C=O) groups is 2. The SMILES string of the molecule is CCCC1(C(=O)O)CCN(C(=O)c2cnc(C)cn2)CC1. The maximum absolute atomic E-state index is 12.3. The van der Waals surface area contributed by atoms with E-state index in [2.05, 4.69) is 9.97 Å². The molecule has 0 atom stereocenters. The van der Waals surface area contributed by atoms with Crippen molar-refractivity contribution >= 4 is 11.9 Å². The third kappa shape index (κ3) is 3.20. The standard InChI is InChI=1S/C15H21N3O3/c1-3-4-15(14(20)21)5-7-18(8-6-15)13(19)12-10-16-11(2)9-17-12/h9-10H,3-8H2,1-2H3,(H,20,21). The minimum absolute atomic E-state index is 0.169. The average Bonchev–Trinajstić information content (AvgIpc) is 2.48. The molecule has 1 aromatic heterocycles. The molecule has 0 unspecified atom stereocenters. The van der Waals surface area contributed by atoms with Crippen LogP contribution in [0.5, 0.6) is 0 Å². The van der Waals surface area contributed by atoms with Crippen LogP contribution in [-0.2, 0) is 4.79 Å². The lowest BCUT2D eigenvalue weighted by atomic mass is 9.75. The molecule has 6 heteroatoms. The number of aryl methyl sites for hydroxylation is 1. The summed E-state index contributed by atoms with van der Waals surface area (Å²) in [5.41, 5.74) is 0.404. The predicted octanol–water partition coefficient (Wildman–Crippen LogP) is 1.89. The first-order chi connectivity index (χ1) is 9.98. The molecule has 0 radical (unpaired) electrons. The van der Waals surface area contributed by atoms with Gasteiger partial charge in [0.25, 0.3) is 5.91 Å². The first-order valence-corrected chi connectivity index (χ1v) is 7.30. The Bertz CT molecular complexity index is 519. The second kappa shape index (κ2) is 6.20. The highest BCUT2D eigenvalue weighted by atomic mass is 16.4. The second-order valence-corrected chi connectivity index (χ2v) is 5.67. The highest BCUT2D eigenvalue weighted by Crippen LogP contribution is 2.36. The van der Waals surface area contributed by atoms with Gasteiger partial charge in [0, 0.05) is 19.3 Å². The van der Waals surface area contributed by atoms with Crippen LogP contribution in [0.15, 0.2) is 12.4 Å². The maximum Gasteiger partial charge on any atom is 0.309 e. The van der Waals surface area contributed by atoms with Crippen molar-refractivity contribution in [1.29, 1.82) is 0 Å². The van der Waals surface area contributed by atoms with Gasteiger partial charge in [0.1, 0.15) is 5.69 Å². The Hall–Kier alpha value is -1.98. The van der Waals surface area contributed by atoms with Crippen LogP contribution in [0.1, 0.15) is 48.8 Å². The van der Waals surface area contributed by atoms with Crippen molar-refractivity contribution in [2.24, 2.45) is 5.41 Å². The molecule has 1 fully saturated rings. The van der Waals surface area contributed by atoms with Gasteiger partial charge < -0.3 is 10.0 Å². The number of hydrogen-bond donors (Lipinski definition) is 1. The molecule has 1 aliphatic heterocycles. The van der Waals surface area contributed by atoms with Gasteiger partial charge in [-0.2, -0.15) is 0 Å². The lowest BCUT2D eigenvalue weighted by Gasteiger charge is -2.38. The highest BCUT2D eigenvalue weighted by Gasteiger charge is 2.41. The Morgan fingerprint density at radius 1 is 1.29 bits per heavy atom. The zero-order chi connectivity index (χ0) is 15.5. The topological polar surface area (TPSA) is 83.4 Å². The van der Waals surface area contributed by atoms with Crippen LogP contribution in [0.25, 0.3) is 0 Å². The summed E-state index contributed by atoms with van der Waals surface area (Å²) in [7, 11) is 0. The van der Waals surface area contributed by atoms with Crippen molar-refractivity contribution in [3.05, 3.63) is 23.8 Å². The van der Waals surface area contributed by atoms with Gasteiger partial charge in [-0.1, -0.05) is 13.3 Å². The quantitative estimate of drug-likeness (QED) is 0.916. The summed E-state index contributed by atoms with van der Waals surface area (Å²) >= 11 is 0. The Morgan fingerprint density at radius 3 is 2.43 bits per heavy atom. The van der Waals surface area contributed by atoms with Crippen LogP contribution in [0.4, 0.5) is 0 Å². The molecule has 0 aromatic carbocycles. The van der Waals surface area contributed by atoms with Crippen molar-refractivity contribution in [3.63, 3.8) is 0 Å². The molecule has 0 saturated carbocycles. The van der Waals surface area contributed by atoms with Gasteiger partial charge in [-0.05, 0) is 26.2 Å². The Balaban J connectivity index is 2.04. The molecular weight excluding hydrogens is 270 g/mol. The van der Waals surface area contributed by atoms with Gasteiger partial charge >= 0.3 is 5.97 Å². The van der Waals surface area contributed by atoms with Gasteiger partial charge in [0.05, 0.1) is 17.3 Å². The van der Waals surface area contributed by atoms with Crippen LogP contribution in [0.3, 0.4) is 0 Å². The summed E-state index contributed by atoms with van der Waals surface area (Å²) in [5.74, 6) is -0.912. The third-order valence-electron chi connectivity index (χ3n) is 4.19. The largest absolute Gasteiger partial charge is 0.481 e. The van der Waals surface area contributed by atoms with E-state index in [-0.39, 0.29) is 5.91 Å². The van der Waals surface area contributed by atoms with E-state index in [0.717, 1.165) is 12.1 Å². The van der Waals surface area contributed by atoms with Gasteiger partial charge in [-0.25, -0.2) is 4.98 Å². The number of piperidine rings is 1. The minimum Gasteiger partial charge on any atom is -0.481 e. The lowest BCUT2D eigenvalue weighted by molar-refractivity contribution is -0.152. The molecule has 1 aliphatic rings. The van der Waals surface area contributed by atoms with E-state index in [1.807, 2.05) is 13.8 Å². The molecule has 1 amide bonds. The second-order valence-electron chi connectivity index (χ2n) is 5.67. The molecule has 2 heterocycles. The number of aliphatic carboxylic acids is 1. The number of rotatable bonds is 4. The van der Waals surface area contributed by atoms with E-state index in [4.69, 9.17) is 0 Å². The molecule has 1 saturated heterocycles. The zero-order valence-electron chi connectivity index (χ0n) is 12.5. The zero-order valence-corrected chi connectivity index (χ0v) is 12.5. The van der Waals surface area contributed by atoms with Crippen LogP contribution in [0, 0.1) is 12.3 Å². The summed E-state index contributed by atoms with van der Waals surface area (Å²) < 4.78 is 0. The van der Waals surface area contributed by atoms with E-state index in [9.17, 15) is 14.7 Å². The van der Waals surface area contributed by atoms with Gasteiger partial charge in [0.15, 0.2) is 0 Å². The number of amides is 1. The van der Waals surface area contributed by atoms with Gasteiger partial charge in [-0.3, -0.25) is 14.6 Å². The van der Waals surface area contributed by atoms with Crippen LogP contribution < -0.4 is 0 Å². The van der Waals surface area contributed by atoms with Crippen molar-refractivity contribution < 1.29 is 14.7 Å². The van der Waals surface area contributed by atoms with E-state index in [1.165, 1.54) is 6.20 Å². The number of carboxylic acids is 1. The highest BCUT2D eigenvalue weighted by molar-refractivity contribution is 5.92. The first-order valence-electron chi connectivity index (χ1n) is 7.30. The number of likely N-dealkylation sites (tertiary alicyclic amines) is 1. The summed E-state index contributed by atoms with van der Waals surface area (Å²) in [5, 5.41) is 9.47. The lowest BCUT2D eigenvalue weighted by Crippen LogP contribution is -2.46. The van der Waals surface area contributed by atoms with Crippen LogP contribution >= 0.6 is 0 Å².